The van der Waals surface area contributed by atoms with Crippen molar-refractivity contribution in [1.29, 1.82) is 0 Å². The van der Waals surface area contributed by atoms with Crippen LogP contribution in [0.2, 0.25) is 0 Å². The van der Waals surface area contributed by atoms with Crippen LogP contribution in [0.3, 0.4) is 0 Å². The van der Waals surface area contributed by atoms with E-state index in [4.69, 9.17) is 0 Å². The highest BCUT2D eigenvalue weighted by Gasteiger charge is 2.36. The summed E-state index contributed by atoms with van der Waals surface area (Å²) in [4.78, 5) is 12.9. The second-order valence-corrected chi connectivity index (χ2v) is 7.62. The van der Waals surface area contributed by atoms with E-state index in [1.165, 1.54) is 12.1 Å². The fourth-order valence-corrected chi connectivity index (χ4v) is 4.48. The summed E-state index contributed by atoms with van der Waals surface area (Å²) in [5.74, 6) is -0.561. The predicted octanol–water partition coefficient (Wildman–Crippen LogP) is 2.86. The summed E-state index contributed by atoms with van der Waals surface area (Å²) in [5.41, 5.74) is 1.06. The fourth-order valence-electron chi connectivity index (χ4n) is 2.96. The highest BCUT2D eigenvalue weighted by molar-refractivity contribution is 7.89. The van der Waals surface area contributed by atoms with Gasteiger partial charge in [-0.05, 0) is 37.0 Å². The van der Waals surface area contributed by atoms with Gasteiger partial charge < -0.3 is 0 Å². The maximum absolute atomic E-state index is 12.7. The molecule has 5 heteroatoms. The zero-order valence-electron chi connectivity index (χ0n) is 12.8. The van der Waals surface area contributed by atoms with Gasteiger partial charge in [0.15, 0.2) is 0 Å². The molecular weight excluding hydrogens is 310 g/mol. The molecule has 1 unspecified atom stereocenters. The topological polar surface area (TPSA) is 54.5 Å². The van der Waals surface area contributed by atoms with Gasteiger partial charge in [-0.15, -0.1) is 0 Å². The summed E-state index contributed by atoms with van der Waals surface area (Å²) in [6.07, 6.45) is 2.02. The molecule has 23 heavy (non-hydrogen) atoms. The largest absolute Gasteiger partial charge is 0.273 e. The molecule has 1 amide bonds. The van der Waals surface area contributed by atoms with E-state index in [1.807, 2.05) is 30.3 Å². The first-order chi connectivity index (χ1) is 11.1. The third-order valence-corrected chi connectivity index (χ3v) is 5.98. The van der Waals surface area contributed by atoms with E-state index in [0.29, 0.717) is 12.8 Å². The molecule has 1 saturated heterocycles. The van der Waals surface area contributed by atoms with Gasteiger partial charge in [-0.1, -0.05) is 48.5 Å². The minimum absolute atomic E-state index is 0.175. The minimum Gasteiger partial charge on any atom is -0.273 e. The van der Waals surface area contributed by atoms with E-state index in [1.54, 1.807) is 18.2 Å². The Kier molecular flexibility index (Phi) is 4.48. The number of carbonyl (C=O) groups excluding carboxylic acids is 1. The molecule has 0 N–H and O–H groups in total. The van der Waals surface area contributed by atoms with Crippen molar-refractivity contribution in [2.24, 2.45) is 5.92 Å². The predicted molar refractivity (Wildman–Crippen MR) is 88.2 cm³/mol. The number of benzene rings is 2. The van der Waals surface area contributed by atoms with Crippen molar-refractivity contribution in [3.05, 3.63) is 66.2 Å². The molecule has 0 radical (unpaired) electrons. The molecule has 1 fully saturated rings. The Hall–Kier alpha value is -2.14. The van der Waals surface area contributed by atoms with Crippen LogP contribution in [0, 0.1) is 5.92 Å². The Labute approximate surface area is 136 Å². The number of piperidine rings is 1. The number of sulfonamides is 1. The van der Waals surface area contributed by atoms with Crippen LogP contribution in [0.25, 0.3) is 0 Å². The maximum Gasteiger partial charge on any atom is 0.266 e. The summed E-state index contributed by atoms with van der Waals surface area (Å²) in [6.45, 7) is 0.265. The first-order valence-electron chi connectivity index (χ1n) is 7.74. The minimum atomic E-state index is -3.75. The van der Waals surface area contributed by atoms with Gasteiger partial charge in [0.1, 0.15) is 0 Å². The third kappa shape index (κ3) is 3.29. The number of rotatable bonds is 4. The summed E-state index contributed by atoms with van der Waals surface area (Å²) < 4.78 is 26.5. The van der Waals surface area contributed by atoms with Crippen LogP contribution in [0.1, 0.15) is 18.4 Å². The van der Waals surface area contributed by atoms with E-state index in [-0.39, 0.29) is 23.3 Å². The summed E-state index contributed by atoms with van der Waals surface area (Å²) >= 11 is 0. The van der Waals surface area contributed by atoms with Crippen molar-refractivity contribution in [2.45, 2.75) is 24.2 Å². The molecule has 0 aromatic heterocycles. The average Bonchev–Trinajstić information content (AvgIpc) is 2.58. The molecule has 1 atom stereocenters. The normalized spacial score (nSPS) is 18.9. The summed E-state index contributed by atoms with van der Waals surface area (Å²) in [6, 6.07) is 17.9. The summed E-state index contributed by atoms with van der Waals surface area (Å²) in [7, 11) is -3.75. The van der Waals surface area contributed by atoms with Crippen LogP contribution in [0.5, 0.6) is 0 Å². The van der Waals surface area contributed by atoms with Crippen LogP contribution in [0.15, 0.2) is 65.6 Å². The Bertz CT molecular complexity index is 772. The first-order valence-corrected chi connectivity index (χ1v) is 9.18. The SMILES string of the molecule is O=C1C(Cc2ccccc2)CCCN1S(=O)(=O)c1ccccc1. The second-order valence-electron chi connectivity index (χ2n) is 5.76. The molecule has 4 nitrogen and oxygen atoms in total. The molecule has 0 bridgehead atoms. The zero-order valence-corrected chi connectivity index (χ0v) is 13.6. The van der Waals surface area contributed by atoms with Gasteiger partial charge in [0.2, 0.25) is 5.91 Å². The molecular formula is C18H19NO3S. The summed E-state index contributed by atoms with van der Waals surface area (Å²) in [5, 5.41) is 0. The van der Waals surface area contributed by atoms with Crippen molar-refractivity contribution in [1.82, 2.24) is 4.31 Å². The van der Waals surface area contributed by atoms with E-state index in [0.717, 1.165) is 16.3 Å². The molecule has 2 aromatic rings. The molecule has 120 valence electrons. The number of carbonyl (C=O) groups is 1. The van der Waals surface area contributed by atoms with Gasteiger partial charge in [-0.2, -0.15) is 0 Å². The van der Waals surface area contributed by atoms with E-state index in [2.05, 4.69) is 0 Å². The number of amides is 1. The molecule has 2 aromatic carbocycles. The second kappa shape index (κ2) is 6.54. The smallest absolute Gasteiger partial charge is 0.266 e. The highest BCUT2D eigenvalue weighted by atomic mass is 32.2. The average molecular weight is 329 g/mol. The quantitative estimate of drug-likeness (QED) is 0.867. The van der Waals surface area contributed by atoms with Crippen LogP contribution in [-0.4, -0.2) is 25.2 Å². The Morgan fingerprint density at radius 2 is 1.57 bits per heavy atom. The van der Waals surface area contributed by atoms with Crippen molar-refractivity contribution >= 4 is 15.9 Å². The molecule has 1 aliphatic rings. The Morgan fingerprint density at radius 1 is 0.957 bits per heavy atom. The van der Waals surface area contributed by atoms with Crippen LogP contribution in [0.4, 0.5) is 0 Å². The van der Waals surface area contributed by atoms with E-state index < -0.39 is 10.0 Å². The van der Waals surface area contributed by atoms with Crippen LogP contribution >= 0.6 is 0 Å². The maximum atomic E-state index is 12.7. The Morgan fingerprint density at radius 3 is 2.22 bits per heavy atom. The van der Waals surface area contributed by atoms with Gasteiger partial charge in [0.25, 0.3) is 10.0 Å². The fraction of sp³-hybridized carbons (Fsp3) is 0.278. The lowest BCUT2D eigenvalue weighted by Crippen LogP contribution is -2.45. The lowest BCUT2D eigenvalue weighted by molar-refractivity contribution is -0.132. The van der Waals surface area contributed by atoms with Gasteiger partial charge in [-0.25, -0.2) is 12.7 Å². The first kappa shape index (κ1) is 15.7. The Balaban J connectivity index is 1.83. The van der Waals surface area contributed by atoms with Crippen molar-refractivity contribution in [3.8, 4) is 0 Å². The van der Waals surface area contributed by atoms with Crippen LogP contribution < -0.4 is 0 Å². The van der Waals surface area contributed by atoms with E-state index >= 15 is 0 Å². The van der Waals surface area contributed by atoms with Gasteiger partial charge in [0.05, 0.1) is 4.90 Å². The number of nitrogens with zero attached hydrogens (tertiary/aromatic N) is 1. The molecule has 0 spiro atoms. The van der Waals surface area contributed by atoms with Gasteiger partial charge in [-0.3, -0.25) is 4.79 Å². The van der Waals surface area contributed by atoms with Gasteiger partial charge in [0, 0.05) is 12.5 Å². The van der Waals surface area contributed by atoms with Gasteiger partial charge >= 0.3 is 0 Å². The third-order valence-electron chi connectivity index (χ3n) is 4.16. The number of hydrogen-bond donors (Lipinski definition) is 0. The van der Waals surface area contributed by atoms with Crippen molar-refractivity contribution in [3.63, 3.8) is 0 Å². The zero-order chi connectivity index (χ0) is 16.3. The molecule has 1 aliphatic heterocycles. The molecule has 0 aliphatic carbocycles. The lowest BCUT2D eigenvalue weighted by atomic mass is 9.91. The molecule has 1 heterocycles. The number of hydrogen-bond acceptors (Lipinski definition) is 3. The highest BCUT2D eigenvalue weighted by Crippen LogP contribution is 2.27. The lowest BCUT2D eigenvalue weighted by Gasteiger charge is -2.31. The van der Waals surface area contributed by atoms with Crippen molar-refractivity contribution in [2.75, 3.05) is 6.54 Å². The monoisotopic (exact) mass is 329 g/mol. The van der Waals surface area contributed by atoms with Crippen molar-refractivity contribution < 1.29 is 13.2 Å². The molecule has 0 saturated carbocycles. The molecule has 3 rings (SSSR count). The standard InChI is InChI=1S/C18H19NO3S/c20-18-16(14-15-8-3-1-4-9-15)10-7-13-19(18)23(21,22)17-11-5-2-6-12-17/h1-6,8-9,11-12,16H,7,10,13-14H2. The van der Waals surface area contributed by atoms with Crippen LogP contribution in [-0.2, 0) is 21.2 Å². The van der Waals surface area contributed by atoms with E-state index in [9.17, 15) is 13.2 Å².